The van der Waals surface area contributed by atoms with E-state index >= 15 is 0 Å². The second kappa shape index (κ2) is 21.6. The molecule has 0 aliphatic rings. The van der Waals surface area contributed by atoms with E-state index in [1.54, 1.807) is 45.2 Å². The highest BCUT2D eigenvalue weighted by molar-refractivity contribution is 14.1. The Kier molecular flexibility index (Phi) is 19.9. The summed E-state index contributed by atoms with van der Waals surface area (Å²) in [6, 6.07) is -0.127. The van der Waals surface area contributed by atoms with Crippen molar-refractivity contribution in [1.29, 1.82) is 0 Å². The summed E-state index contributed by atoms with van der Waals surface area (Å²) >= 11 is 11.0. The van der Waals surface area contributed by atoms with Gasteiger partial charge in [-0.25, -0.2) is 10.0 Å². The molecular formula is C27H29I6N5O11. The van der Waals surface area contributed by atoms with E-state index in [2.05, 4.69) is 10.6 Å². The van der Waals surface area contributed by atoms with Crippen LogP contribution in [-0.2, 0) is 4.79 Å². The Hall–Kier alpha value is -0.0700. The van der Waals surface area contributed by atoms with Crippen LogP contribution in [0, 0.1) is 21.4 Å². The third-order valence-electron chi connectivity index (χ3n) is 6.50. The molecular weight excluding hydrogens is 1330 g/mol. The topological polar surface area (TPSA) is 241 Å². The van der Waals surface area contributed by atoms with Gasteiger partial charge in [-0.15, -0.1) is 0 Å². The molecule has 22 heteroatoms. The van der Waals surface area contributed by atoms with Crippen LogP contribution in [-0.4, -0.2) is 141 Å². The summed E-state index contributed by atoms with van der Waals surface area (Å²) in [6.07, 6.45) is 0.0228. The maximum Gasteiger partial charge on any atom is 0.276 e. The number of benzene rings is 2. The van der Waals surface area contributed by atoms with Crippen molar-refractivity contribution in [1.82, 2.24) is 25.8 Å². The molecule has 49 heavy (non-hydrogen) atoms. The molecule has 0 saturated heterocycles. The minimum Gasteiger partial charge on any atom is -0.395 e. The predicted octanol–water partition coefficient (Wildman–Crippen LogP) is 0.338. The summed E-state index contributed by atoms with van der Waals surface area (Å²) in [5, 5.41) is 66.2. The normalized spacial score (nSPS) is 11.1. The summed E-state index contributed by atoms with van der Waals surface area (Å²) in [4.78, 5) is 68.1. The van der Waals surface area contributed by atoms with Crippen LogP contribution in [0.3, 0.4) is 0 Å². The van der Waals surface area contributed by atoms with E-state index in [9.17, 15) is 54.6 Å². The quantitative estimate of drug-likeness (QED) is 0.0611. The first-order chi connectivity index (χ1) is 23.2. The van der Waals surface area contributed by atoms with Crippen LogP contribution in [0.1, 0.15) is 41.4 Å². The van der Waals surface area contributed by atoms with Gasteiger partial charge in [0.25, 0.3) is 23.6 Å². The van der Waals surface area contributed by atoms with E-state index in [0.29, 0.717) is 29.4 Å². The zero-order valence-electron chi connectivity index (χ0n) is 24.9. The van der Waals surface area contributed by atoms with Gasteiger partial charge in [0.05, 0.1) is 61.9 Å². The fourth-order valence-corrected chi connectivity index (χ4v) is 12.9. The molecule has 270 valence electrons. The Morgan fingerprint density at radius 1 is 0.592 bits per heavy atom. The zero-order valence-corrected chi connectivity index (χ0v) is 37.8. The number of halogens is 6. The number of aliphatic hydroxyl groups is 6. The third-order valence-corrected chi connectivity index (χ3v) is 12.1. The molecule has 0 aliphatic carbocycles. The lowest BCUT2D eigenvalue weighted by molar-refractivity contribution is -0.187. The van der Waals surface area contributed by atoms with Gasteiger partial charge in [-0.3, -0.25) is 24.0 Å². The van der Waals surface area contributed by atoms with Gasteiger partial charge in [0, 0.05) is 34.5 Å². The smallest absolute Gasteiger partial charge is 0.276 e. The number of amides is 5. The molecule has 0 radical (unpaired) electrons. The number of hydrazine groups is 2. The highest BCUT2D eigenvalue weighted by Crippen LogP contribution is 2.32. The van der Waals surface area contributed by atoms with Crippen molar-refractivity contribution in [2.75, 3.05) is 52.7 Å². The van der Waals surface area contributed by atoms with Gasteiger partial charge >= 0.3 is 0 Å². The fraction of sp³-hybridized carbons (Fsp3) is 0.370. The number of hydrogen-bond donors (Lipinski definition) is 8. The number of nitrogens with zero attached hydrogens (tertiary/aromatic N) is 3. The second-order valence-electron chi connectivity index (χ2n) is 9.53. The SMILES string of the molecule is O=CN(N(C(=O)c1c(I)cc(I)c(C(=O)NCCO)c1I)C(CO)CO)N(C(=O)c1c(I)cc(I)c(C(=O)NCCO)c1I)C(CO)CO. The van der Waals surface area contributed by atoms with Gasteiger partial charge in [0.2, 0.25) is 6.41 Å². The molecule has 2 rings (SSSR count). The van der Waals surface area contributed by atoms with E-state index in [-0.39, 0.29) is 62.1 Å². The first-order valence-electron chi connectivity index (χ1n) is 13.7. The minimum absolute atomic E-state index is 0.0228. The molecule has 0 heterocycles. The summed E-state index contributed by atoms with van der Waals surface area (Å²) < 4.78 is 1.69. The summed E-state index contributed by atoms with van der Waals surface area (Å²) in [6.45, 7) is -4.55. The molecule has 2 aromatic rings. The van der Waals surface area contributed by atoms with Gasteiger partial charge in [0.15, 0.2) is 0 Å². The van der Waals surface area contributed by atoms with Gasteiger partial charge in [-0.05, 0) is 148 Å². The van der Waals surface area contributed by atoms with E-state index in [0.717, 1.165) is 0 Å². The second-order valence-corrected chi connectivity index (χ2v) is 16.3. The van der Waals surface area contributed by atoms with Crippen LogP contribution in [0.2, 0.25) is 0 Å². The Morgan fingerprint density at radius 3 is 1.16 bits per heavy atom. The Balaban J connectivity index is 2.92. The van der Waals surface area contributed by atoms with Crippen molar-refractivity contribution >= 4 is 166 Å². The predicted molar refractivity (Wildman–Crippen MR) is 224 cm³/mol. The summed E-state index contributed by atoms with van der Waals surface area (Å²) in [7, 11) is 0. The Morgan fingerprint density at radius 2 is 0.898 bits per heavy atom. The summed E-state index contributed by atoms with van der Waals surface area (Å²) in [5.41, 5.74) is -0.167. The highest BCUT2D eigenvalue weighted by Gasteiger charge is 2.41. The van der Waals surface area contributed by atoms with E-state index in [1.807, 2.05) is 90.4 Å². The lowest BCUT2D eigenvalue weighted by Gasteiger charge is -2.44. The van der Waals surface area contributed by atoms with Gasteiger partial charge in [0.1, 0.15) is 12.1 Å². The lowest BCUT2D eigenvalue weighted by atomic mass is 10.1. The van der Waals surface area contributed by atoms with Crippen LogP contribution in [0.5, 0.6) is 0 Å². The van der Waals surface area contributed by atoms with Crippen LogP contribution < -0.4 is 10.6 Å². The van der Waals surface area contributed by atoms with Crippen molar-refractivity contribution < 1.29 is 54.6 Å². The third kappa shape index (κ3) is 10.5. The first-order valence-corrected chi connectivity index (χ1v) is 20.2. The number of rotatable bonds is 17. The first kappa shape index (κ1) is 45.1. The van der Waals surface area contributed by atoms with Crippen molar-refractivity contribution in [2.24, 2.45) is 0 Å². The number of nitrogens with one attached hydrogen (secondary N) is 2. The standard InChI is InChI=1S/C27H29I6N5O11/c28-14-5-16(30)20(22(32)18(14)24(46)34-1-3-39)26(48)37(12(7-41)8-42)36(11-45)38(13(9-43)10-44)27(49)21-17(31)6-15(29)19(23(21)33)25(47)35-2-4-40/h5-6,11-13,39-44H,1-4,7-10H2,(H,34,46)(H,35,47). The van der Waals surface area contributed by atoms with Crippen LogP contribution >= 0.6 is 136 Å². The molecule has 5 amide bonds. The molecule has 16 nitrogen and oxygen atoms in total. The zero-order chi connectivity index (χ0) is 37.2. The van der Waals surface area contributed by atoms with Crippen LogP contribution in [0.4, 0.5) is 0 Å². The average Bonchev–Trinajstić information content (AvgIpc) is 3.05. The maximum atomic E-state index is 14.5. The molecule has 0 bridgehead atoms. The van der Waals surface area contributed by atoms with Crippen LogP contribution in [0.25, 0.3) is 0 Å². The number of aliphatic hydroxyl groups excluding tert-OH is 6. The number of carbonyl (C=O) groups excluding carboxylic acids is 5. The van der Waals surface area contributed by atoms with E-state index < -0.39 is 62.1 Å². The maximum absolute atomic E-state index is 14.5. The van der Waals surface area contributed by atoms with Crippen molar-refractivity contribution in [3.8, 4) is 0 Å². The average molecular weight is 1360 g/mol. The minimum atomic E-state index is -1.57. The van der Waals surface area contributed by atoms with Gasteiger partial charge < -0.3 is 41.3 Å². The van der Waals surface area contributed by atoms with Crippen molar-refractivity contribution in [3.63, 3.8) is 0 Å². The fourth-order valence-electron chi connectivity index (χ4n) is 4.22. The summed E-state index contributed by atoms with van der Waals surface area (Å²) in [5.74, 6) is -3.34. The van der Waals surface area contributed by atoms with Gasteiger partial charge in [-0.2, -0.15) is 5.12 Å². The van der Waals surface area contributed by atoms with E-state index in [4.69, 9.17) is 0 Å². The molecule has 8 N–H and O–H groups in total. The van der Waals surface area contributed by atoms with E-state index in [1.165, 1.54) is 12.1 Å². The monoisotopic (exact) mass is 1360 g/mol. The number of hydrogen-bond acceptors (Lipinski definition) is 11. The van der Waals surface area contributed by atoms with Crippen molar-refractivity contribution in [2.45, 2.75) is 12.1 Å². The number of carbonyl (C=O) groups is 5. The molecule has 0 fully saturated rings. The Labute approximate surface area is 361 Å². The lowest BCUT2D eigenvalue weighted by Crippen LogP contribution is -2.65. The Bertz CT molecular complexity index is 1450. The molecule has 0 unspecified atom stereocenters. The molecule has 2 aromatic carbocycles. The largest absolute Gasteiger partial charge is 0.395 e. The molecule has 0 spiro atoms. The van der Waals surface area contributed by atoms with Gasteiger partial charge in [-0.1, -0.05) is 0 Å². The van der Waals surface area contributed by atoms with Crippen molar-refractivity contribution in [3.05, 3.63) is 55.8 Å². The molecule has 0 atom stereocenters. The molecule has 0 saturated carbocycles. The highest BCUT2D eigenvalue weighted by atomic mass is 127. The molecule has 0 aromatic heterocycles. The molecule has 0 aliphatic heterocycles. The van der Waals surface area contributed by atoms with Crippen LogP contribution in [0.15, 0.2) is 12.1 Å².